The van der Waals surface area contributed by atoms with Gasteiger partial charge in [0, 0.05) is 31.7 Å². The highest BCUT2D eigenvalue weighted by Crippen LogP contribution is 2.32. The maximum absolute atomic E-state index is 11.3. The second-order valence-corrected chi connectivity index (χ2v) is 6.43. The maximum atomic E-state index is 11.3. The van der Waals surface area contributed by atoms with Crippen molar-refractivity contribution in [1.29, 1.82) is 0 Å². The summed E-state index contributed by atoms with van der Waals surface area (Å²) >= 11 is 1.72. The molecule has 1 heterocycles. The number of thiophene rings is 1. The Hall–Kier alpha value is -1.81. The minimum Gasteiger partial charge on any atom is -0.377 e. The van der Waals surface area contributed by atoms with Gasteiger partial charge >= 0.3 is 0 Å². The summed E-state index contributed by atoms with van der Waals surface area (Å²) in [6, 6.07) is 10.6. The number of rotatable bonds is 6. The zero-order valence-corrected chi connectivity index (χ0v) is 13.9. The van der Waals surface area contributed by atoms with Crippen molar-refractivity contribution < 1.29 is 4.79 Å². The van der Waals surface area contributed by atoms with Crippen molar-refractivity contribution in [2.45, 2.75) is 19.4 Å². The third-order valence-electron chi connectivity index (χ3n) is 3.75. The molecule has 0 aliphatic heterocycles. The minimum absolute atomic E-state index is 0.0867. The van der Waals surface area contributed by atoms with E-state index < -0.39 is 0 Å². The first-order valence-corrected chi connectivity index (χ1v) is 7.89. The van der Waals surface area contributed by atoms with Crippen molar-refractivity contribution in [2.24, 2.45) is 0 Å². The number of hydrogen-bond donors (Lipinski definition) is 0. The highest BCUT2D eigenvalue weighted by Gasteiger charge is 2.21. The normalized spacial score (nSPS) is 12.0. The molecule has 1 atom stereocenters. The first-order chi connectivity index (χ1) is 10.0. The van der Waals surface area contributed by atoms with Gasteiger partial charge in [-0.2, -0.15) is 0 Å². The van der Waals surface area contributed by atoms with E-state index in [-0.39, 0.29) is 6.04 Å². The van der Waals surface area contributed by atoms with E-state index in [1.54, 1.807) is 16.2 Å². The molecule has 0 aliphatic rings. The van der Waals surface area contributed by atoms with Gasteiger partial charge in [0.15, 0.2) is 0 Å². The molecule has 1 amide bonds. The summed E-state index contributed by atoms with van der Waals surface area (Å²) in [7, 11) is 5.95. The Bertz CT molecular complexity index is 606. The van der Waals surface area contributed by atoms with Gasteiger partial charge in [-0.3, -0.25) is 4.79 Å². The summed E-state index contributed by atoms with van der Waals surface area (Å²) in [5, 5.41) is 2.09. The monoisotopic (exact) mass is 302 g/mol. The third-order valence-corrected chi connectivity index (χ3v) is 4.87. The van der Waals surface area contributed by atoms with Crippen LogP contribution in [-0.2, 0) is 11.2 Å². The highest BCUT2D eigenvalue weighted by atomic mass is 32.1. The fourth-order valence-electron chi connectivity index (χ4n) is 2.55. The molecular formula is C17H22N2OS. The zero-order valence-electron chi connectivity index (χ0n) is 13.0. The molecule has 1 aromatic heterocycles. The van der Waals surface area contributed by atoms with Crippen LogP contribution in [0.2, 0.25) is 0 Å². The zero-order chi connectivity index (χ0) is 15.4. The number of carbonyl (C=O) groups is 1. The molecule has 0 spiro atoms. The summed E-state index contributed by atoms with van der Waals surface area (Å²) in [6.45, 7) is 2.11. The molecule has 2 aromatic rings. The number of likely N-dealkylation sites (N-methyl/N-ethyl adjacent to an activating group) is 1. The fraction of sp³-hybridized carbons (Fsp3) is 0.353. The first-order valence-electron chi connectivity index (χ1n) is 7.01. The third kappa shape index (κ3) is 3.45. The van der Waals surface area contributed by atoms with Gasteiger partial charge in [-0.15, -0.1) is 11.3 Å². The average Bonchev–Trinajstić information content (AvgIpc) is 2.90. The second kappa shape index (κ2) is 6.76. The van der Waals surface area contributed by atoms with Gasteiger partial charge in [-0.1, -0.05) is 18.2 Å². The van der Waals surface area contributed by atoms with E-state index in [0.29, 0.717) is 0 Å². The Morgan fingerprint density at radius 2 is 1.90 bits per heavy atom. The summed E-state index contributed by atoms with van der Waals surface area (Å²) in [5.41, 5.74) is 3.71. The Labute approximate surface area is 130 Å². The van der Waals surface area contributed by atoms with Crippen LogP contribution >= 0.6 is 11.3 Å². The van der Waals surface area contributed by atoms with E-state index in [1.165, 1.54) is 21.7 Å². The predicted octanol–water partition coefficient (Wildman–Crippen LogP) is 3.49. The van der Waals surface area contributed by atoms with Crippen molar-refractivity contribution in [3.05, 3.63) is 51.7 Å². The van der Waals surface area contributed by atoms with Crippen LogP contribution < -0.4 is 4.90 Å². The molecule has 21 heavy (non-hydrogen) atoms. The van der Waals surface area contributed by atoms with E-state index in [9.17, 15) is 4.79 Å². The summed E-state index contributed by atoms with van der Waals surface area (Å²) < 4.78 is 0. The highest BCUT2D eigenvalue weighted by molar-refractivity contribution is 7.10. The fourth-order valence-corrected chi connectivity index (χ4v) is 3.63. The number of benzene rings is 1. The number of anilines is 1. The average molecular weight is 302 g/mol. The second-order valence-electron chi connectivity index (χ2n) is 5.48. The predicted molar refractivity (Wildman–Crippen MR) is 90.1 cm³/mol. The molecule has 0 aliphatic carbocycles. The van der Waals surface area contributed by atoms with Crippen LogP contribution in [0.1, 0.15) is 22.0 Å². The van der Waals surface area contributed by atoms with Gasteiger partial charge in [-0.05, 0) is 42.0 Å². The molecular weight excluding hydrogens is 280 g/mol. The number of nitrogens with zero attached hydrogens (tertiary/aromatic N) is 2. The summed E-state index contributed by atoms with van der Waals surface area (Å²) in [4.78, 5) is 16.4. The van der Waals surface area contributed by atoms with Gasteiger partial charge in [-0.25, -0.2) is 0 Å². The Balaban J connectivity index is 2.37. The van der Waals surface area contributed by atoms with Gasteiger partial charge < -0.3 is 9.80 Å². The van der Waals surface area contributed by atoms with E-state index in [4.69, 9.17) is 0 Å². The maximum Gasteiger partial charge on any atom is 0.209 e. The van der Waals surface area contributed by atoms with Crippen molar-refractivity contribution in [2.75, 3.05) is 26.0 Å². The van der Waals surface area contributed by atoms with Gasteiger partial charge in [0.1, 0.15) is 0 Å². The molecule has 0 N–H and O–H groups in total. The van der Waals surface area contributed by atoms with Crippen LogP contribution in [0.5, 0.6) is 0 Å². The molecule has 0 fully saturated rings. The van der Waals surface area contributed by atoms with Crippen LogP contribution in [0.25, 0.3) is 0 Å². The van der Waals surface area contributed by atoms with Crippen LogP contribution in [0.3, 0.4) is 0 Å². The largest absolute Gasteiger partial charge is 0.377 e. The first kappa shape index (κ1) is 15.6. The molecule has 112 valence electrons. The number of hydrogen-bond acceptors (Lipinski definition) is 3. The van der Waals surface area contributed by atoms with Crippen molar-refractivity contribution >= 4 is 23.4 Å². The molecule has 1 unspecified atom stereocenters. The van der Waals surface area contributed by atoms with E-state index in [1.807, 2.05) is 27.2 Å². The van der Waals surface area contributed by atoms with Gasteiger partial charge in [0.05, 0.1) is 6.04 Å². The van der Waals surface area contributed by atoms with E-state index in [2.05, 4.69) is 41.5 Å². The Kier molecular flexibility index (Phi) is 5.02. The van der Waals surface area contributed by atoms with Crippen molar-refractivity contribution in [3.63, 3.8) is 0 Å². The van der Waals surface area contributed by atoms with E-state index >= 15 is 0 Å². The number of carbonyl (C=O) groups excluding carboxylic acids is 1. The lowest BCUT2D eigenvalue weighted by atomic mass is 10.00. The van der Waals surface area contributed by atoms with Crippen LogP contribution in [0.4, 0.5) is 5.69 Å². The summed E-state index contributed by atoms with van der Waals surface area (Å²) in [6.07, 6.45) is 1.74. The lowest BCUT2D eigenvalue weighted by Gasteiger charge is -2.27. The van der Waals surface area contributed by atoms with Crippen molar-refractivity contribution in [3.8, 4) is 0 Å². The summed E-state index contributed by atoms with van der Waals surface area (Å²) in [5.74, 6) is 0. The quantitative estimate of drug-likeness (QED) is 0.763. The Morgan fingerprint density at radius 1 is 1.19 bits per heavy atom. The number of aryl methyl sites for hydroxylation is 1. The van der Waals surface area contributed by atoms with Gasteiger partial charge in [0.2, 0.25) is 6.41 Å². The lowest BCUT2D eigenvalue weighted by molar-refractivity contribution is -0.118. The van der Waals surface area contributed by atoms with Crippen LogP contribution in [0, 0.1) is 6.92 Å². The molecule has 4 heteroatoms. The molecule has 0 bridgehead atoms. The number of amides is 1. The molecule has 3 nitrogen and oxygen atoms in total. The standard InChI is InChI=1S/C17H22N2OS/c1-13-9-10-21-17(13)16(19(4)12-20)11-14-7-5-6-8-15(14)18(2)3/h5-10,12,16H,11H2,1-4H3. The van der Waals surface area contributed by atoms with Crippen LogP contribution in [0.15, 0.2) is 35.7 Å². The molecule has 0 radical (unpaired) electrons. The lowest BCUT2D eigenvalue weighted by Crippen LogP contribution is -2.25. The smallest absolute Gasteiger partial charge is 0.209 e. The SMILES string of the molecule is Cc1ccsc1C(Cc1ccccc1N(C)C)N(C)C=O. The Morgan fingerprint density at radius 3 is 2.48 bits per heavy atom. The van der Waals surface area contributed by atoms with Crippen LogP contribution in [-0.4, -0.2) is 32.5 Å². The molecule has 1 aromatic carbocycles. The topological polar surface area (TPSA) is 23.6 Å². The molecule has 2 rings (SSSR count). The van der Waals surface area contributed by atoms with Gasteiger partial charge in [0.25, 0.3) is 0 Å². The minimum atomic E-state index is 0.0867. The van der Waals surface area contributed by atoms with Crippen molar-refractivity contribution in [1.82, 2.24) is 4.90 Å². The molecule has 0 saturated carbocycles. The number of para-hydroxylation sites is 1. The molecule has 0 saturated heterocycles. The van der Waals surface area contributed by atoms with E-state index in [0.717, 1.165) is 12.8 Å².